The van der Waals surface area contributed by atoms with Crippen LogP contribution in [0.1, 0.15) is 27.2 Å². The molecule has 0 aromatic heterocycles. The fourth-order valence-electron chi connectivity index (χ4n) is 2.12. The Labute approximate surface area is 106 Å². The quantitative estimate of drug-likeness (QED) is 0.794. The molecule has 1 aliphatic heterocycles. The first-order chi connectivity index (χ1) is 7.82. The number of sulfone groups is 1. The van der Waals surface area contributed by atoms with Crippen molar-refractivity contribution in [2.75, 3.05) is 31.6 Å². The van der Waals surface area contributed by atoms with Crippen LogP contribution in [0, 0.1) is 5.92 Å². The fourth-order valence-corrected chi connectivity index (χ4v) is 3.62. The standard InChI is InChI=1S/C12H26N2O2S/c1-10(2)11(3)14(4)7-5-12-9-17(15,16)8-6-13-12/h10-13H,5-9H2,1-4H3. The average molecular weight is 262 g/mol. The second-order valence-electron chi connectivity index (χ2n) is 5.52. The van der Waals surface area contributed by atoms with Gasteiger partial charge in [0.25, 0.3) is 0 Å². The first-order valence-corrected chi connectivity index (χ1v) is 8.28. The molecule has 17 heavy (non-hydrogen) atoms. The highest BCUT2D eigenvalue weighted by Gasteiger charge is 2.24. The smallest absolute Gasteiger partial charge is 0.153 e. The van der Waals surface area contributed by atoms with Gasteiger partial charge in [0.15, 0.2) is 9.84 Å². The molecule has 1 rings (SSSR count). The zero-order valence-corrected chi connectivity index (χ0v) is 12.3. The van der Waals surface area contributed by atoms with Gasteiger partial charge in [0.05, 0.1) is 11.5 Å². The van der Waals surface area contributed by atoms with Gasteiger partial charge in [0.2, 0.25) is 0 Å². The van der Waals surface area contributed by atoms with E-state index in [0.29, 0.717) is 30.0 Å². The van der Waals surface area contributed by atoms with E-state index in [2.05, 4.69) is 38.0 Å². The maximum Gasteiger partial charge on any atom is 0.153 e. The van der Waals surface area contributed by atoms with Gasteiger partial charge in [-0.25, -0.2) is 8.42 Å². The summed E-state index contributed by atoms with van der Waals surface area (Å²) in [5.74, 6) is 1.22. The molecule has 4 nitrogen and oxygen atoms in total. The minimum Gasteiger partial charge on any atom is -0.312 e. The zero-order valence-electron chi connectivity index (χ0n) is 11.4. The van der Waals surface area contributed by atoms with E-state index in [1.807, 2.05) is 0 Å². The van der Waals surface area contributed by atoms with Crippen LogP contribution in [0.15, 0.2) is 0 Å². The van der Waals surface area contributed by atoms with E-state index in [4.69, 9.17) is 0 Å². The largest absolute Gasteiger partial charge is 0.312 e. The molecule has 0 aliphatic carbocycles. The van der Waals surface area contributed by atoms with Gasteiger partial charge in [0, 0.05) is 18.6 Å². The Bertz CT molecular complexity index is 327. The lowest BCUT2D eigenvalue weighted by Crippen LogP contribution is -2.47. The number of hydrogen-bond donors (Lipinski definition) is 1. The fraction of sp³-hybridized carbons (Fsp3) is 1.00. The number of rotatable bonds is 5. The van der Waals surface area contributed by atoms with E-state index in [-0.39, 0.29) is 6.04 Å². The van der Waals surface area contributed by atoms with E-state index >= 15 is 0 Å². The summed E-state index contributed by atoms with van der Waals surface area (Å²) < 4.78 is 23.0. The summed E-state index contributed by atoms with van der Waals surface area (Å²) in [7, 11) is -0.684. The Morgan fingerprint density at radius 1 is 1.35 bits per heavy atom. The summed E-state index contributed by atoms with van der Waals surface area (Å²) in [5.41, 5.74) is 0. The van der Waals surface area contributed by atoms with Crippen molar-refractivity contribution in [3.05, 3.63) is 0 Å². The van der Waals surface area contributed by atoms with Crippen LogP contribution in [-0.4, -0.2) is 57.0 Å². The number of nitrogens with zero attached hydrogens (tertiary/aromatic N) is 1. The van der Waals surface area contributed by atoms with Crippen molar-refractivity contribution >= 4 is 9.84 Å². The van der Waals surface area contributed by atoms with Crippen LogP contribution in [0.25, 0.3) is 0 Å². The van der Waals surface area contributed by atoms with Gasteiger partial charge in [-0.3, -0.25) is 0 Å². The summed E-state index contributed by atoms with van der Waals surface area (Å²) in [6.45, 7) is 8.20. The van der Waals surface area contributed by atoms with Crippen molar-refractivity contribution < 1.29 is 8.42 Å². The maximum absolute atomic E-state index is 11.5. The van der Waals surface area contributed by atoms with Gasteiger partial charge < -0.3 is 10.2 Å². The van der Waals surface area contributed by atoms with Crippen molar-refractivity contribution in [3.8, 4) is 0 Å². The Hall–Kier alpha value is -0.130. The van der Waals surface area contributed by atoms with E-state index in [0.717, 1.165) is 13.0 Å². The lowest BCUT2D eigenvalue weighted by atomic mass is 10.0. The van der Waals surface area contributed by atoms with Crippen LogP contribution in [0.2, 0.25) is 0 Å². The summed E-state index contributed by atoms with van der Waals surface area (Å²) in [4.78, 5) is 2.31. The van der Waals surface area contributed by atoms with Crippen molar-refractivity contribution in [2.24, 2.45) is 5.92 Å². The van der Waals surface area contributed by atoms with Gasteiger partial charge in [-0.2, -0.15) is 0 Å². The highest BCUT2D eigenvalue weighted by Crippen LogP contribution is 2.11. The van der Waals surface area contributed by atoms with Crippen LogP contribution in [0.5, 0.6) is 0 Å². The van der Waals surface area contributed by atoms with Crippen LogP contribution < -0.4 is 5.32 Å². The molecule has 0 aromatic rings. The van der Waals surface area contributed by atoms with Crippen molar-refractivity contribution in [1.82, 2.24) is 10.2 Å². The second kappa shape index (κ2) is 6.16. The molecule has 2 atom stereocenters. The lowest BCUT2D eigenvalue weighted by Gasteiger charge is -2.30. The number of nitrogens with one attached hydrogen (secondary N) is 1. The Morgan fingerprint density at radius 2 is 2.00 bits per heavy atom. The maximum atomic E-state index is 11.5. The first-order valence-electron chi connectivity index (χ1n) is 6.46. The minimum atomic E-state index is -2.80. The molecule has 0 spiro atoms. The second-order valence-corrected chi connectivity index (χ2v) is 7.75. The summed E-state index contributed by atoms with van der Waals surface area (Å²) >= 11 is 0. The van der Waals surface area contributed by atoms with E-state index in [9.17, 15) is 8.42 Å². The Morgan fingerprint density at radius 3 is 2.53 bits per heavy atom. The molecular weight excluding hydrogens is 236 g/mol. The van der Waals surface area contributed by atoms with E-state index in [1.165, 1.54) is 0 Å². The van der Waals surface area contributed by atoms with Gasteiger partial charge in [-0.1, -0.05) is 13.8 Å². The lowest BCUT2D eigenvalue weighted by molar-refractivity contribution is 0.199. The molecule has 5 heteroatoms. The highest BCUT2D eigenvalue weighted by molar-refractivity contribution is 7.91. The molecule has 2 unspecified atom stereocenters. The summed E-state index contributed by atoms with van der Waals surface area (Å²) in [6.07, 6.45) is 0.910. The highest BCUT2D eigenvalue weighted by atomic mass is 32.2. The monoisotopic (exact) mass is 262 g/mol. The molecule has 1 fully saturated rings. The molecule has 0 bridgehead atoms. The number of hydrogen-bond acceptors (Lipinski definition) is 4. The normalized spacial score (nSPS) is 26.4. The third-order valence-corrected chi connectivity index (χ3v) is 5.53. The molecule has 0 radical (unpaired) electrons. The molecule has 0 aromatic carbocycles. The topological polar surface area (TPSA) is 49.4 Å². The molecule has 1 saturated heterocycles. The van der Waals surface area contributed by atoms with E-state index in [1.54, 1.807) is 0 Å². The van der Waals surface area contributed by atoms with Gasteiger partial charge in [0.1, 0.15) is 0 Å². The van der Waals surface area contributed by atoms with Crippen LogP contribution in [0.4, 0.5) is 0 Å². The molecule has 0 amide bonds. The van der Waals surface area contributed by atoms with Crippen molar-refractivity contribution in [1.29, 1.82) is 0 Å². The van der Waals surface area contributed by atoms with Crippen LogP contribution in [-0.2, 0) is 9.84 Å². The van der Waals surface area contributed by atoms with Crippen molar-refractivity contribution in [3.63, 3.8) is 0 Å². The van der Waals surface area contributed by atoms with Crippen molar-refractivity contribution in [2.45, 2.75) is 39.3 Å². The molecular formula is C12H26N2O2S. The Balaban J connectivity index is 2.35. The molecule has 0 saturated carbocycles. The molecule has 1 heterocycles. The SMILES string of the molecule is CC(C)C(C)N(C)CCC1CS(=O)(=O)CCN1. The molecule has 1 N–H and O–H groups in total. The predicted octanol–water partition coefficient (Wildman–Crippen LogP) is 0.739. The Kier molecular flexibility index (Phi) is 5.41. The summed E-state index contributed by atoms with van der Waals surface area (Å²) in [6, 6.07) is 0.672. The minimum absolute atomic E-state index is 0.135. The predicted molar refractivity (Wildman–Crippen MR) is 72.0 cm³/mol. The average Bonchev–Trinajstić information content (AvgIpc) is 2.23. The molecule has 1 aliphatic rings. The molecule has 102 valence electrons. The van der Waals surface area contributed by atoms with Gasteiger partial charge in [-0.15, -0.1) is 0 Å². The third-order valence-electron chi connectivity index (χ3n) is 3.79. The summed E-state index contributed by atoms with van der Waals surface area (Å²) in [5, 5.41) is 3.29. The van der Waals surface area contributed by atoms with Gasteiger partial charge >= 0.3 is 0 Å². The van der Waals surface area contributed by atoms with Crippen LogP contribution >= 0.6 is 0 Å². The van der Waals surface area contributed by atoms with Gasteiger partial charge in [-0.05, 0) is 32.9 Å². The van der Waals surface area contributed by atoms with E-state index < -0.39 is 9.84 Å². The third kappa shape index (κ3) is 4.94. The van der Waals surface area contributed by atoms with Crippen LogP contribution in [0.3, 0.4) is 0 Å². The zero-order chi connectivity index (χ0) is 13.1. The first kappa shape index (κ1) is 14.9.